The molecule has 1 aliphatic rings. The highest BCUT2D eigenvalue weighted by Gasteiger charge is 2.35. The third-order valence-electron chi connectivity index (χ3n) is 3.57. The first kappa shape index (κ1) is 10.8. The van der Waals surface area contributed by atoms with Crippen molar-refractivity contribution in [2.24, 2.45) is 0 Å². The topological polar surface area (TPSA) is 61.8 Å². The summed E-state index contributed by atoms with van der Waals surface area (Å²) < 4.78 is 0. The number of anilines is 2. The highest BCUT2D eigenvalue weighted by molar-refractivity contribution is 5.69. The maximum atomic E-state index is 8.86. The molecular formula is C13H17N3. The molecule has 3 nitrogen and oxygen atoms in total. The number of nitrogen functional groups attached to an aromatic ring is 1. The van der Waals surface area contributed by atoms with Gasteiger partial charge in [-0.3, -0.25) is 0 Å². The van der Waals surface area contributed by atoms with Crippen molar-refractivity contribution in [3.8, 4) is 6.07 Å². The van der Waals surface area contributed by atoms with Gasteiger partial charge in [-0.2, -0.15) is 5.26 Å². The lowest BCUT2D eigenvalue weighted by Gasteiger charge is -2.43. The summed E-state index contributed by atoms with van der Waals surface area (Å²) in [7, 11) is 0. The van der Waals surface area contributed by atoms with Crippen LogP contribution >= 0.6 is 0 Å². The number of benzene rings is 1. The van der Waals surface area contributed by atoms with Crippen LogP contribution in [0.4, 0.5) is 11.4 Å². The highest BCUT2D eigenvalue weighted by Crippen LogP contribution is 2.39. The second kappa shape index (κ2) is 4.05. The molecular weight excluding hydrogens is 198 g/mol. The summed E-state index contributed by atoms with van der Waals surface area (Å²) in [6.45, 7) is 2.19. The molecule has 3 N–H and O–H groups in total. The molecule has 0 aliphatic heterocycles. The summed E-state index contributed by atoms with van der Waals surface area (Å²) in [4.78, 5) is 0. The Morgan fingerprint density at radius 1 is 1.50 bits per heavy atom. The van der Waals surface area contributed by atoms with E-state index in [2.05, 4.69) is 18.3 Å². The first-order chi connectivity index (χ1) is 7.69. The van der Waals surface area contributed by atoms with Gasteiger partial charge in [0.25, 0.3) is 0 Å². The fourth-order valence-electron chi connectivity index (χ4n) is 2.19. The zero-order valence-electron chi connectivity index (χ0n) is 9.59. The number of nitrogens with one attached hydrogen (secondary N) is 1. The Morgan fingerprint density at radius 3 is 2.75 bits per heavy atom. The summed E-state index contributed by atoms with van der Waals surface area (Å²) in [6, 6.07) is 7.52. The lowest BCUT2D eigenvalue weighted by molar-refractivity contribution is 0.270. The van der Waals surface area contributed by atoms with Gasteiger partial charge in [0.1, 0.15) is 0 Å². The van der Waals surface area contributed by atoms with Gasteiger partial charge < -0.3 is 11.1 Å². The molecule has 0 amide bonds. The van der Waals surface area contributed by atoms with Crippen LogP contribution in [-0.2, 0) is 0 Å². The molecule has 84 valence electrons. The average Bonchev–Trinajstić information content (AvgIpc) is 2.26. The molecule has 0 aromatic heterocycles. The van der Waals surface area contributed by atoms with Gasteiger partial charge in [0.15, 0.2) is 0 Å². The predicted molar refractivity (Wildman–Crippen MR) is 66.1 cm³/mol. The van der Waals surface area contributed by atoms with Crippen LogP contribution in [0.3, 0.4) is 0 Å². The van der Waals surface area contributed by atoms with Crippen molar-refractivity contribution in [1.29, 1.82) is 5.26 Å². The average molecular weight is 215 g/mol. The molecule has 2 rings (SSSR count). The Bertz CT molecular complexity index is 422. The molecule has 3 heteroatoms. The van der Waals surface area contributed by atoms with E-state index in [-0.39, 0.29) is 5.54 Å². The fraction of sp³-hybridized carbons (Fsp3) is 0.462. The Hall–Kier alpha value is -1.69. The summed E-state index contributed by atoms with van der Waals surface area (Å²) in [6.07, 6.45) is 4.77. The van der Waals surface area contributed by atoms with E-state index < -0.39 is 0 Å². The summed E-state index contributed by atoms with van der Waals surface area (Å²) in [5.41, 5.74) is 8.40. The first-order valence-electron chi connectivity index (χ1n) is 5.77. The van der Waals surface area contributed by atoms with Crippen LogP contribution < -0.4 is 11.1 Å². The molecule has 1 aromatic rings. The number of rotatable bonds is 3. The van der Waals surface area contributed by atoms with Crippen molar-refractivity contribution in [3.05, 3.63) is 23.8 Å². The van der Waals surface area contributed by atoms with Gasteiger partial charge in [-0.15, -0.1) is 0 Å². The minimum Gasteiger partial charge on any atom is -0.397 e. The molecule has 1 aliphatic carbocycles. The van der Waals surface area contributed by atoms with Gasteiger partial charge in [-0.25, -0.2) is 0 Å². The van der Waals surface area contributed by atoms with Crippen LogP contribution in [0, 0.1) is 11.3 Å². The Morgan fingerprint density at radius 2 is 2.25 bits per heavy atom. The molecule has 0 unspecified atom stereocenters. The molecule has 0 saturated heterocycles. The van der Waals surface area contributed by atoms with Crippen LogP contribution in [0.1, 0.15) is 38.2 Å². The molecule has 1 fully saturated rings. The van der Waals surface area contributed by atoms with E-state index in [1.54, 1.807) is 12.1 Å². The van der Waals surface area contributed by atoms with Crippen molar-refractivity contribution in [2.75, 3.05) is 11.1 Å². The number of hydrogen-bond acceptors (Lipinski definition) is 3. The van der Waals surface area contributed by atoms with Crippen LogP contribution in [0.5, 0.6) is 0 Å². The van der Waals surface area contributed by atoms with E-state index in [0.717, 1.165) is 17.8 Å². The third kappa shape index (κ3) is 1.83. The van der Waals surface area contributed by atoms with Gasteiger partial charge in [0, 0.05) is 5.54 Å². The van der Waals surface area contributed by atoms with Crippen molar-refractivity contribution < 1.29 is 0 Å². The smallest absolute Gasteiger partial charge is 0.0992 e. The Labute approximate surface area is 96.3 Å². The first-order valence-corrected chi connectivity index (χ1v) is 5.77. The zero-order valence-corrected chi connectivity index (χ0v) is 9.59. The van der Waals surface area contributed by atoms with Gasteiger partial charge in [0.05, 0.1) is 23.0 Å². The van der Waals surface area contributed by atoms with E-state index in [1.807, 2.05) is 6.07 Å². The number of nitrogens with two attached hydrogens (primary N) is 1. The van der Waals surface area contributed by atoms with E-state index in [4.69, 9.17) is 11.0 Å². The van der Waals surface area contributed by atoms with Crippen molar-refractivity contribution in [2.45, 2.75) is 38.1 Å². The fourth-order valence-corrected chi connectivity index (χ4v) is 2.19. The molecule has 16 heavy (non-hydrogen) atoms. The maximum absolute atomic E-state index is 8.86. The van der Waals surface area contributed by atoms with Gasteiger partial charge in [-0.1, -0.05) is 6.92 Å². The lowest BCUT2D eigenvalue weighted by atomic mass is 9.74. The largest absolute Gasteiger partial charge is 0.397 e. The molecule has 0 atom stereocenters. The van der Waals surface area contributed by atoms with Crippen LogP contribution in [0.25, 0.3) is 0 Å². The lowest BCUT2D eigenvalue weighted by Crippen LogP contribution is -2.44. The molecule has 0 spiro atoms. The second-order valence-corrected chi connectivity index (χ2v) is 4.53. The van der Waals surface area contributed by atoms with E-state index in [0.29, 0.717) is 5.56 Å². The number of nitrogens with zero attached hydrogens (tertiary/aromatic N) is 1. The second-order valence-electron chi connectivity index (χ2n) is 4.53. The van der Waals surface area contributed by atoms with E-state index in [1.165, 1.54) is 19.3 Å². The number of hydrogen-bond donors (Lipinski definition) is 2. The standard InChI is InChI=1S/C13H17N3/c1-2-13(6-3-7-13)16-12-8-10(9-14)4-5-11(12)15/h4-5,8,16H,2-3,6-7,15H2,1H3. The Kier molecular flexibility index (Phi) is 2.74. The quantitative estimate of drug-likeness (QED) is 0.762. The molecule has 1 saturated carbocycles. The molecule has 0 bridgehead atoms. The van der Waals surface area contributed by atoms with Gasteiger partial charge >= 0.3 is 0 Å². The molecule has 0 heterocycles. The minimum absolute atomic E-state index is 0.211. The van der Waals surface area contributed by atoms with Crippen molar-refractivity contribution in [3.63, 3.8) is 0 Å². The number of nitriles is 1. The van der Waals surface area contributed by atoms with Gasteiger partial charge in [-0.05, 0) is 43.9 Å². The van der Waals surface area contributed by atoms with Crippen LogP contribution in [-0.4, -0.2) is 5.54 Å². The van der Waals surface area contributed by atoms with Crippen molar-refractivity contribution >= 4 is 11.4 Å². The zero-order chi connectivity index (χ0) is 11.6. The third-order valence-corrected chi connectivity index (χ3v) is 3.57. The summed E-state index contributed by atoms with van der Waals surface area (Å²) in [5, 5.41) is 12.4. The summed E-state index contributed by atoms with van der Waals surface area (Å²) in [5.74, 6) is 0. The van der Waals surface area contributed by atoms with E-state index in [9.17, 15) is 0 Å². The maximum Gasteiger partial charge on any atom is 0.0992 e. The van der Waals surface area contributed by atoms with Crippen LogP contribution in [0.15, 0.2) is 18.2 Å². The monoisotopic (exact) mass is 215 g/mol. The Balaban J connectivity index is 2.23. The normalized spacial score (nSPS) is 17.2. The molecule has 1 aromatic carbocycles. The SMILES string of the molecule is CCC1(Nc2cc(C#N)ccc2N)CCC1. The van der Waals surface area contributed by atoms with Crippen LogP contribution in [0.2, 0.25) is 0 Å². The molecule has 0 radical (unpaired) electrons. The summed E-state index contributed by atoms with van der Waals surface area (Å²) >= 11 is 0. The van der Waals surface area contributed by atoms with E-state index >= 15 is 0 Å². The minimum atomic E-state index is 0.211. The van der Waals surface area contributed by atoms with Gasteiger partial charge in [0.2, 0.25) is 0 Å². The highest BCUT2D eigenvalue weighted by atomic mass is 15.0. The predicted octanol–water partition coefficient (Wildman–Crippen LogP) is 2.89. The van der Waals surface area contributed by atoms with Crippen molar-refractivity contribution in [1.82, 2.24) is 0 Å².